The number of carbonyl (C=O) groups excluding carboxylic acids is 1. The molecule has 1 aliphatic rings. The van der Waals surface area contributed by atoms with Gasteiger partial charge in [-0.25, -0.2) is 5.84 Å². The molecule has 1 heterocycles. The number of hydrazine groups is 1. The molecule has 1 amide bonds. The molecular formula is C14H23N3O2S. The molecule has 1 fully saturated rings. The second-order valence-electron chi connectivity index (χ2n) is 5.23. The Morgan fingerprint density at radius 3 is 2.85 bits per heavy atom. The summed E-state index contributed by atoms with van der Waals surface area (Å²) in [5.74, 6) is 4.98. The first kappa shape index (κ1) is 15.4. The number of nitrogens with two attached hydrogens (primary N) is 1. The molecule has 1 aromatic heterocycles. The lowest BCUT2D eigenvalue weighted by atomic mass is 9.94. The summed E-state index contributed by atoms with van der Waals surface area (Å²) < 4.78 is 0. The maximum Gasteiger partial charge on any atom is 0.275 e. The van der Waals surface area contributed by atoms with Crippen LogP contribution < -0.4 is 11.3 Å². The Labute approximate surface area is 123 Å². The summed E-state index contributed by atoms with van der Waals surface area (Å²) in [5, 5.41) is 11.2. The van der Waals surface area contributed by atoms with Crippen LogP contribution in [0.2, 0.25) is 0 Å². The highest BCUT2D eigenvalue weighted by Crippen LogP contribution is 2.26. The molecule has 20 heavy (non-hydrogen) atoms. The number of hydrogen-bond donors (Lipinski definition) is 3. The van der Waals surface area contributed by atoms with Crippen molar-refractivity contribution in [1.29, 1.82) is 0 Å². The first-order valence-electron chi connectivity index (χ1n) is 7.18. The molecule has 0 aromatic carbocycles. The summed E-state index contributed by atoms with van der Waals surface area (Å²) in [6, 6.07) is 2.49. The maximum absolute atomic E-state index is 11.7. The van der Waals surface area contributed by atoms with Crippen LogP contribution in [0.1, 0.15) is 47.3 Å². The van der Waals surface area contributed by atoms with E-state index < -0.39 is 0 Å². The predicted octanol–water partition coefficient (Wildman–Crippen LogP) is 1.48. The number of thiophene rings is 1. The summed E-state index contributed by atoms with van der Waals surface area (Å²) in [6.45, 7) is 1.51. The van der Waals surface area contributed by atoms with E-state index >= 15 is 0 Å². The van der Waals surface area contributed by atoms with Crippen LogP contribution in [-0.4, -0.2) is 35.1 Å². The summed E-state index contributed by atoms with van der Waals surface area (Å²) >= 11 is 1.41. The van der Waals surface area contributed by atoms with Crippen molar-refractivity contribution < 1.29 is 9.90 Å². The number of aliphatic hydroxyl groups is 1. The zero-order valence-electron chi connectivity index (χ0n) is 11.7. The molecule has 4 N–H and O–H groups in total. The van der Waals surface area contributed by atoms with Crippen LogP contribution in [0.4, 0.5) is 0 Å². The predicted molar refractivity (Wildman–Crippen MR) is 80.3 cm³/mol. The second kappa shape index (κ2) is 7.73. The van der Waals surface area contributed by atoms with Gasteiger partial charge in [-0.15, -0.1) is 11.3 Å². The Hall–Kier alpha value is -0.950. The van der Waals surface area contributed by atoms with Crippen LogP contribution >= 0.6 is 11.3 Å². The van der Waals surface area contributed by atoms with Crippen molar-refractivity contribution in [2.45, 2.75) is 44.7 Å². The lowest BCUT2D eigenvalue weighted by molar-refractivity contribution is 0.0950. The van der Waals surface area contributed by atoms with Crippen molar-refractivity contribution in [3.8, 4) is 0 Å². The Bertz CT molecular complexity index is 430. The lowest BCUT2D eigenvalue weighted by Gasteiger charge is -2.34. The van der Waals surface area contributed by atoms with E-state index in [1.165, 1.54) is 43.4 Å². The zero-order chi connectivity index (χ0) is 14.4. The monoisotopic (exact) mass is 297 g/mol. The van der Waals surface area contributed by atoms with Crippen molar-refractivity contribution in [2.75, 3.05) is 13.2 Å². The van der Waals surface area contributed by atoms with Crippen LogP contribution in [0, 0.1) is 0 Å². The van der Waals surface area contributed by atoms with Crippen LogP contribution in [0.5, 0.6) is 0 Å². The Balaban J connectivity index is 2.07. The van der Waals surface area contributed by atoms with Gasteiger partial charge in [-0.3, -0.25) is 15.1 Å². The molecule has 1 aliphatic carbocycles. The number of nitrogen functional groups attached to an aromatic ring is 1. The van der Waals surface area contributed by atoms with Gasteiger partial charge in [-0.2, -0.15) is 0 Å². The number of nitrogens with one attached hydrogen (secondary N) is 1. The van der Waals surface area contributed by atoms with E-state index in [0.717, 1.165) is 5.56 Å². The van der Waals surface area contributed by atoms with Crippen LogP contribution in [0.3, 0.4) is 0 Å². The summed E-state index contributed by atoms with van der Waals surface area (Å²) in [4.78, 5) is 14.7. The standard InChI is InChI=1S/C14H23N3O2S/c15-16-14(19)13-11(6-9-20-13)10-17(7-8-18)12-4-2-1-3-5-12/h6,9,12,18H,1-5,7-8,10,15H2,(H,16,19). The second-order valence-corrected chi connectivity index (χ2v) is 6.15. The Kier molecular flexibility index (Phi) is 5.97. The Morgan fingerprint density at radius 1 is 1.45 bits per heavy atom. The number of nitrogens with zero attached hydrogens (tertiary/aromatic N) is 1. The molecule has 1 saturated carbocycles. The van der Waals surface area contributed by atoms with Gasteiger partial charge in [-0.05, 0) is 29.9 Å². The van der Waals surface area contributed by atoms with Gasteiger partial charge in [0.2, 0.25) is 0 Å². The average molecular weight is 297 g/mol. The molecular weight excluding hydrogens is 274 g/mol. The lowest BCUT2D eigenvalue weighted by Crippen LogP contribution is -2.38. The summed E-state index contributed by atoms with van der Waals surface area (Å²) in [5.41, 5.74) is 3.19. The van der Waals surface area contributed by atoms with Gasteiger partial charge in [0.25, 0.3) is 5.91 Å². The third-order valence-electron chi connectivity index (χ3n) is 3.94. The molecule has 1 aromatic rings. The van der Waals surface area contributed by atoms with Crippen molar-refractivity contribution >= 4 is 17.2 Å². The first-order chi connectivity index (χ1) is 9.76. The van der Waals surface area contributed by atoms with Gasteiger partial charge in [-0.1, -0.05) is 19.3 Å². The van der Waals surface area contributed by atoms with E-state index in [2.05, 4.69) is 10.3 Å². The zero-order valence-corrected chi connectivity index (χ0v) is 12.5. The third-order valence-corrected chi connectivity index (χ3v) is 4.89. The van der Waals surface area contributed by atoms with Gasteiger partial charge in [0.1, 0.15) is 0 Å². The van der Waals surface area contributed by atoms with Gasteiger partial charge in [0.15, 0.2) is 0 Å². The highest BCUT2D eigenvalue weighted by atomic mass is 32.1. The van der Waals surface area contributed by atoms with E-state index in [4.69, 9.17) is 5.84 Å². The molecule has 0 unspecified atom stereocenters. The van der Waals surface area contributed by atoms with Crippen LogP contribution in [-0.2, 0) is 6.54 Å². The molecule has 6 heteroatoms. The SMILES string of the molecule is NNC(=O)c1sccc1CN(CCO)C1CCCCC1. The van der Waals surface area contributed by atoms with Crippen molar-refractivity contribution in [2.24, 2.45) is 5.84 Å². The first-order valence-corrected chi connectivity index (χ1v) is 8.06. The van der Waals surface area contributed by atoms with Gasteiger partial charge < -0.3 is 5.11 Å². The number of aliphatic hydroxyl groups excluding tert-OH is 1. The van der Waals surface area contributed by atoms with E-state index in [1.807, 2.05) is 11.4 Å². The minimum absolute atomic E-state index is 0.152. The molecule has 0 saturated heterocycles. The molecule has 2 rings (SSSR count). The fourth-order valence-electron chi connectivity index (χ4n) is 2.91. The minimum atomic E-state index is -0.234. The fourth-order valence-corrected chi connectivity index (χ4v) is 3.73. The minimum Gasteiger partial charge on any atom is -0.395 e. The number of carbonyl (C=O) groups is 1. The smallest absolute Gasteiger partial charge is 0.275 e. The fraction of sp³-hybridized carbons (Fsp3) is 0.643. The topological polar surface area (TPSA) is 78.6 Å². The van der Waals surface area contributed by atoms with Gasteiger partial charge in [0.05, 0.1) is 11.5 Å². The highest BCUT2D eigenvalue weighted by molar-refractivity contribution is 7.12. The van der Waals surface area contributed by atoms with E-state index in [9.17, 15) is 9.90 Å². The van der Waals surface area contributed by atoms with Gasteiger partial charge >= 0.3 is 0 Å². The molecule has 0 radical (unpaired) electrons. The molecule has 0 aliphatic heterocycles. The van der Waals surface area contributed by atoms with Gasteiger partial charge in [0, 0.05) is 19.1 Å². The molecule has 112 valence electrons. The van der Waals surface area contributed by atoms with Crippen molar-refractivity contribution in [3.63, 3.8) is 0 Å². The third kappa shape index (κ3) is 3.79. The number of hydrogen-bond acceptors (Lipinski definition) is 5. The molecule has 5 nitrogen and oxygen atoms in total. The van der Waals surface area contributed by atoms with Crippen LogP contribution in [0.15, 0.2) is 11.4 Å². The van der Waals surface area contributed by atoms with E-state index in [-0.39, 0.29) is 12.5 Å². The normalized spacial score (nSPS) is 16.6. The van der Waals surface area contributed by atoms with E-state index in [0.29, 0.717) is 24.0 Å². The Morgan fingerprint density at radius 2 is 2.20 bits per heavy atom. The maximum atomic E-state index is 11.7. The molecule has 0 atom stereocenters. The average Bonchev–Trinajstić information content (AvgIpc) is 2.95. The highest BCUT2D eigenvalue weighted by Gasteiger charge is 2.23. The van der Waals surface area contributed by atoms with E-state index in [1.54, 1.807) is 0 Å². The number of amides is 1. The largest absolute Gasteiger partial charge is 0.395 e. The molecule has 0 bridgehead atoms. The van der Waals surface area contributed by atoms with Crippen LogP contribution in [0.25, 0.3) is 0 Å². The van der Waals surface area contributed by atoms with Crippen molar-refractivity contribution in [3.05, 3.63) is 21.9 Å². The molecule has 0 spiro atoms. The van der Waals surface area contributed by atoms with Crippen molar-refractivity contribution in [1.82, 2.24) is 10.3 Å². The number of rotatable bonds is 6. The quantitative estimate of drug-likeness (QED) is 0.422. The summed E-state index contributed by atoms with van der Waals surface area (Å²) in [6.07, 6.45) is 6.19. The summed E-state index contributed by atoms with van der Waals surface area (Å²) in [7, 11) is 0.